The third-order valence-corrected chi connectivity index (χ3v) is 6.04. The van der Waals surface area contributed by atoms with Gasteiger partial charge in [0.15, 0.2) is 0 Å². The molecule has 0 aromatic heterocycles. The third-order valence-electron chi connectivity index (χ3n) is 6.04. The predicted molar refractivity (Wildman–Crippen MR) is 122 cm³/mol. The van der Waals surface area contributed by atoms with Gasteiger partial charge in [0, 0.05) is 58.2 Å². The van der Waals surface area contributed by atoms with Crippen molar-refractivity contribution in [3.63, 3.8) is 0 Å². The minimum atomic E-state index is -1.11. The van der Waals surface area contributed by atoms with Crippen molar-refractivity contribution >= 4 is 29.7 Å². The van der Waals surface area contributed by atoms with E-state index in [1.165, 1.54) is 0 Å². The highest BCUT2D eigenvalue weighted by molar-refractivity contribution is 6.03. The maximum Gasteiger partial charge on any atom is 0.320 e. The fourth-order valence-corrected chi connectivity index (χ4v) is 4.19. The predicted octanol–water partition coefficient (Wildman–Crippen LogP) is -0.270. The lowest BCUT2D eigenvalue weighted by Gasteiger charge is -2.31. The largest absolute Gasteiger partial charge is 0.480 e. The summed E-state index contributed by atoms with van der Waals surface area (Å²) in [7, 11) is 0. The van der Waals surface area contributed by atoms with Crippen LogP contribution >= 0.6 is 0 Å². The van der Waals surface area contributed by atoms with E-state index in [9.17, 15) is 29.1 Å². The first kappa shape index (κ1) is 29.5. The molecule has 194 valence electrons. The van der Waals surface area contributed by atoms with Crippen molar-refractivity contribution in [3.05, 3.63) is 0 Å². The second-order valence-corrected chi connectivity index (χ2v) is 8.21. The number of carbonyl (C=O) groups excluding carboxylic acids is 2. The highest BCUT2D eigenvalue weighted by atomic mass is 16.4. The zero-order chi connectivity index (χ0) is 25.8. The quantitative estimate of drug-likeness (QED) is 0.349. The second-order valence-electron chi connectivity index (χ2n) is 8.21. The smallest absolute Gasteiger partial charge is 0.320 e. The summed E-state index contributed by atoms with van der Waals surface area (Å²) in [5.74, 6) is -4.07. The molecule has 2 aliphatic heterocycles. The Balaban J connectivity index is 0.00000281. The fourth-order valence-electron chi connectivity index (χ4n) is 4.19. The van der Waals surface area contributed by atoms with Crippen molar-refractivity contribution in [1.82, 2.24) is 19.6 Å². The third kappa shape index (κ3) is 8.99. The molecule has 0 aliphatic carbocycles. The van der Waals surface area contributed by atoms with Crippen LogP contribution in [0.1, 0.15) is 40.0 Å². The van der Waals surface area contributed by atoms with Crippen LogP contribution in [0.3, 0.4) is 0 Å². The van der Waals surface area contributed by atoms with E-state index >= 15 is 0 Å². The average molecular weight is 487 g/mol. The molecule has 2 atom stereocenters. The first-order valence-electron chi connectivity index (χ1n) is 11.8. The van der Waals surface area contributed by atoms with Crippen LogP contribution in [0.2, 0.25) is 0 Å². The number of imide groups is 1. The van der Waals surface area contributed by atoms with E-state index < -0.39 is 23.9 Å². The molecule has 12 nitrogen and oxygen atoms in total. The Kier molecular flexibility index (Phi) is 12.7. The number of rotatable bonds is 10. The van der Waals surface area contributed by atoms with E-state index in [0.29, 0.717) is 32.6 Å². The van der Waals surface area contributed by atoms with Crippen LogP contribution in [-0.2, 0) is 24.0 Å². The van der Waals surface area contributed by atoms with Crippen LogP contribution in [0.5, 0.6) is 0 Å². The molecule has 3 N–H and O–H groups in total. The number of nitrogens with zero attached hydrogens (tertiary/aromatic N) is 4. The van der Waals surface area contributed by atoms with E-state index in [-0.39, 0.29) is 63.3 Å². The number of hydrogen-bond donors (Lipinski definition) is 3. The van der Waals surface area contributed by atoms with Crippen LogP contribution < -0.4 is 0 Å². The summed E-state index contributed by atoms with van der Waals surface area (Å²) in [5, 5.41) is 28.1. The zero-order valence-corrected chi connectivity index (χ0v) is 20.3. The van der Waals surface area contributed by atoms with Gasteiger partial charge >= 0.3 is 17.9 Å². The van der Waals surface area contributed by atoms with Gasteiger partial charge in [-0.05, 0) is 12.8 Å². The molecule has 2 amide bonds. The van der Waals surface area contributed by atoms with E-state index in [4.69, 9.17) is 10.2 Å². The Labute approximate surface area is 200 Å². The van der Waals surface area contributed by atoms with Crippen molar-refractivity contribution in [2.24, 2.45) is 5.92 Å². The average Bonchev–Trinajstić information content (AvgIpc) is 3.09. The summed E-state index contributed by atoms with van der Waals surface area (Å²) < 4.78 is 0. The summed E-state index contributed by atoms with van der Waals surface area (Å²) in [6, 6.07) is -0.993. The Morgan fingerprint density at radius 2 is 1.35 bits per heavy atom. The Morgan fingerprint density at radius 1 is 0.882 bits per heavy atom. The van der Waals surface area contributed by atoms with Gasteiger partial charge in [-0.15, -0.1) is 0 Å². The summed E-state index contributed by atoms with van der Waals surface area (Å²) in [6.07, 6.45) is 0.737. The first-order valence-corrected chi connectivity index (χ1v) is 11.8. The monoisotopic (exact) mass is 486 g/mol. The zero-order valence-electron chi connectivity index (χ0n) is 20.3. The standard InChI is InChI=1S/C20H32N4O8.C2H6/c1-2-14-11-16(25)24(19(14)30)4-3-15(20(31)32)23-9-7-21(12-17(26)27)5-6-22(8-10-23)13-18(28)29;1-2/h14-15H,2-13H2,1H3,(H,26,27)(H,28,29)(H,31,32);1-2H3/t14?,15-;/m0./s1. The molecular weight excluding hydrogens is 448 g/mol. The molecule has 0 aromatic rings. The summed E-state index contributed by atoms with van der Waals surface area (Å²) in [6.45, 7) is 7.19. The van der Waals surface area contributed by atoms with Crippen LogP contribution in [0.25, 0.3) is 0 Å². The first-order chi connectivity index (χ1) is 16.1. The van der Waals surface area contributed by atoms with Gasteiger partial charge in [-0.1, -0.05) is 20.8 Å². The number of hydrogen-bond acceptors (Lipinski definition) is 8. The topological polar surface area (TPSA) is 159 Å². The molecule has 2 rings (SSSR count). The van der Waals surface area contributed by atoms with Gasteiger partial charge in [-0.3, -0.25) is 43.6 Å². The Hall–Kier alpha value is -2.57. The molecule has 2 heterocycles. The van der Waals surface area contributed by atoms with Crippen molar-refractivity contribution in [2.75, 3.05) is 58.9 Å². The molecule has 0 radical (unpaired) electrons. The molecule has 2 aliphatic rings. The lowest BCUT2D eigenvalue weighted by atomic mass is 10.1. The Morgan fingerprint density at radius 3 is 1.74 bits per heavy atom. The van der Waals surface area contributed by atoms with Crippen LogP contribution in [-0.4, -0.2) is 130 Å². The van der Waals surface area contributed by atoms with E-state index in [1.54, 1.807) is 14.7 Å². The lowest BCUT2D eigenvalue weighted by Crippen LogP contribution is -2.48. The van der Waals surface area contributed by atoms with Gasteiger partial charge in [0.2, 0.25) is 11.8 Å². The molecule has 0 aromatic carbocycles. The van der Waals surface area contributed by atoms with E-state index in [0.717, 1.165) is 4.90 Å². The van der Waals surface area contributed by atoms with Crippen LogP contribution in [0.4, 0.5) is 0 Å². The number of amides is 2. The van der Waals surface area contributed by atoms with Gasteiger partial charge in [0.25, 0.3) is 0 Å². The summed E-state index contributed by atoms with van der Waals surface area (Å²) in [5.41, 5.74) is 0. The van der Waals surface area contributed by atoms with E-state index in [1.807, 2.05) is 20.8 Å². The van der Waals surface area contributed by atoms with Gasteiger partial charge in [-0.25, -0.2) is 0 Å². The second kappa shape index (κ2) is 14.6. The molecule has 2 saturated heterocycles. The fraction of sp³-hybridized carbons (Fsp3) is 0.773. The van der Waals surface area contributed by atoms with Crippen LogP contribution in [0, 0.1) is 5.92 Å². The van der Waals surface area contributed by atoms with Crippen LogP contribution in [0.15, 0.2) is 0 Å². The highest BCUT2D eigenvalue weighted by Crippen LogP contribution is 2.23. The lowest BCUT2D eigenvalue weighted by molar-refractivity contribution is -0.146. The van der Waals surface area contributed by atoms with Gasteiger partial charge in [0.1, 0.15) is 6.04 Å². The minimum absolute atomic E-state index is 0.000681. The number of carboxylic acid groups (broad SMARTS) is 3. The van der Waals surface area contributed by atoms with Gasteiger partial charge < -0.3 is 15.3 Å². The molecule has 1 unspecified atom stereocenters. The number of carboxylic acids is 3. The summed E-state index contributed by atoms with van der Waals surface area (Å²) >= 11 is 0. The highest BCUT2D eigenvalue weighted by Gasteiger charge is 2.38. The number of aliphatic carboxylic acids is 3. The maximum absolute atomic E-state index is 12.4. The molecule has 34 heavy (non-hydrogen) atoms. The molecule has 2 fully saturated rings. The van der Waals surface area contributed by atoms with Crippen molar-refractivity contribution in [3.8, 4) is 0 Å². The molecule has 0 saturated carbocycles. The maximum atomic E-state index is 12.4. The minimum Gasteiger partial charge on any atom is -0.480 e. The SMILES string of the molecule is CC.CCC1CC(=O)N(CC[C@@H](C(=O)O)N2CCN(CC(=O)O)CCN(CC(=O)O)CC2)C1=O. The normalized spacial score (nSPS) is 21.7. The van der Waals surface area contributed by atoms with E-state index in [2.05, 4.69) is 0 Å². The molecular formula is C22H38N4O8. The molecule has 12 heteroatoms. The van der Waals surface area contributed by atoms with Crippen molar-refractivity contribution in [1.29, 1.82) is 0 Å². The number of carbonyl (C=O) groups is 5. The number of likely N-dealkylation sites (tertiary alicyclic amines) is 1. The van der Waals surface area contributed by atoms with Crippen molar-refractivity contribution in [2.45, 2.75) is 46.1 Å². The molecule has 0 spiro atoms. The molecule has 0 bridgehead atoms. The Bertz CT molecular complexity index is 704. The summed E-state index contributed by atoms with van der Waals surface area (Å²) in [4.78, 5) is 65.0. The van der Waals surface area contributed by atoms with Gasteiger partial charge in [0.05, 0.1) is 13.1 Å². The van der Waals surface area contributed by atoms with Crippen molar-refractivity contribution < 1.29 is 39.3 Å². The van der Waals surface area contributed by atoms with Gasteiger partial charge in [-0.2, -0.15) is 0 Å².